The van der Waals surface area contributed by atoms with Crippen LogP contribution < -0.4 is 5.32 Å². The van der Waals surface area contributed by atoms with Crippen molar-refractivity contribution in [2.45, 2.75) is 32.4 Å². The van der Waals surface area contributed by atoms with Crippen LogP contribution in [-0.2, 0) is 11.2 Å². The Balaban J connectivity index is 2.15. The second-order valence-corrected chi connectivity index (χ2v) is 4.55. The Morgan fingerprint density at radius 3 is 2.86 bits per heavy atom. The molecule has 0 aromatic carbocycles. The Hall–Kier alpha value is -0.380. The van der Waals surface area contributed by atoms with Gasteiger partial charge in [-0.2, -0.15) is 0 Å². The molecule has 2 atom stereocenters. The van der Waals surface area contributed by atoms with E-state index in [9.17, 15) is 0 Å². The fourth-order valence-corrected chi connectivity index (χ4v) is 1.96. The number of nitrogens with one attached hydrogen (secondary N) is 1. The average molecular weight is 213 g/mol. The number of methoxy groups -OCH3 is 1. The average Bonchev–Trinajstić information content (AvgIpc) is 2.69. The third kappa shape index (κ3) is 3.78. The highest BCUT2D eigenvalue weighted by Crippen LogP contribution is 2.08. The van der Waals surface area contributed by atoms with E-state index in [1.807, 2.05) is 11.3 Å². The summed E-state index contributed by atoms with van der Waals surface area (Å²) in [6.45, 7) is 5.26. The van der Waals surface area contributed by atoms with Gasteiger partial charge >= 0.3 is 0 Å². The van der Waals surface area contributed by atoms with E-state index in [-0.39, 0.29) is 6.10 Å². The van der Waals surface area contributed by atoms with E-state index in [0.29, 0.717) is 6.04 Å². The molecule has 3 heteroatoms. The molecule has 14 heavy (non-hydrogen) atoms. The molecule has 1 heterocycles. The summed E-state index contributed by atoms with van der Waals surface area (Å²) >= 11 is 1.82. The van der Waals surface area contributed by atoms with Gasteiger partial charge in [-0.15, -0.1) is 11.3 Å². The van der Waals surface area contributed by atoms with Crippen LogP contribution in [0.2, 0.25) is 0 Å². The van der Waals surface area contributed by atoms with Gasteiger partial charge in [0, 0.05) is 24.6 Å². The zero-order valence-electron chi connectivity index (χ0n) is 9.12. The molecule has 0 aliphatic carbocycles. The van der Waals surface area contributed by atoms with E-state index in [0.717, 1.165) is 13.0 Å². The fourth-order valence-electron chi connectivity index (χ4n) is 1.25. The van der Waals surface area contributed by atoms with Crippen molar-refractivity contribution in [1.82, 2.24) is 5.32 Å². The van der Waals surface area contributed by atoms with Gasteiger partial charge in [-0.3, -0.25) is 0 Å². The Bertz CT molecular complexity index is 235. The molecule has 0 fully saturated rings. The quantitative estimate of drug-likeness (QED) is 0.783. The fraction of sp³-hybridized carbons (Fsp3) is 0.636. The lowest BCUT2D eigenvalue weighted by molar-refractivity contribution is 0.0890. The van der Waals surface area contributed by atoms with Crippen molar-refractivity contribution in [2.75, 3.05) is 13.7 Å². The summed E-state index contributed by atoms with van der Waals surface area (Å²) in [7, 11) is 1.75. The number of hydrogen-bond acceptors (Lipinski definition) is 3. The summed E-state index contributed by atoms with van der Waals surface area (Å²) in [5, 5.41) is 5.57. The third-order valence-corrected chi connectivity index (χ3v) is 3.43. The molecular weight excluding hydrogens is 194 g/mol. The van der Waals surface area contributed by atoms with E-state index in [1.165, 1.54) is 4.88 Å². The molecule has 0 aliphatic rings. The molecule has 0 aliphatic heterocycles. The summed E-state index contributed by atoms with van der Waals surface area (Å²) in [5.74, 6) is 0. The summed E-state index contributed by atoms with van der Waals surface area (Å²) in [6, 6.07) is 4.69. The van der Waals surface area contributed by atoms with E-state index in [2.05, 4.69) is 36.7 Å². The monoisotopic (exact) mass is 213 g/mol. The minimum absolute atomic E-state index is 0.276. The van der Waals surface area contributed by atoms with Crippen LogP contribution in [0, 0.1) is 0 Å². The molecule has 80 valence electrons. The van der Waals surface area contributed by atoms with Crippen molar-refractivity contribution < 1.29 is 4.74 Å². The van der Waals surface area contributed by atoms with Gasteiger partial charge in [-0.05, 0) is 31.7 Å². The molecule has 1 aromatic heterocycles. The van der Waals surface area contributed by atoms with E-state index < -0.39 is 0 Å². The van der Waals surface area contributed by atoms with Crippen LogP contribution in [0.25, 0.3) is 0 Å². The van der Waals surface area contributed by atoms with Gasteiger partial charge in [0.2, 0.25) is 0 Å². The number of thiophene rings is 1. The Labute approximate surface area is 90.3 Å². The smallest absolute Gasteiger partial charge is 0.0693 e. The largest absolute Gasteiger partial charge is 0.380 e. The number of rotatable bonds is 6. The molecule has 0 bridgehead atoms. The lowest BCUT2D eigenvalue weighted by atomic mass is 10.2. The van der Waals surface area contributed by atoms with Gasteiger partial charge in [-0.25, -0.2) is 0 Å². The molecule has 1 aromatic rings. The highest BCUT2D eigenvalue weighted by molar-refractivity contribution is 7.09. The highest BCUT2D eigenvalue weighted by Gasteiger charge is 2.09. The molecule has 0 saturated carbocycles. The maximum atomic E-state index is 5.24. The van der Waals surface area contributed by atoms with E-state index in [4.69, 9.17) is 4.74 Å². The summed E-state index contributed by atoms with van der Waals surface area (Å²) in [5.41, 5.74) is 0. The predicted molar refractivity (Wildman–Crippen MR) is 62.0 cm³/mol. The first-order valence-corrected chi connectivity index (χ1v) is 5.90. The van der Waals surface area contributed by atoms with Crippen molar-refractivity contribution in [1.29, 1.82) is 0 Å². The van der Waals surface area contributed by atoms with Crippen molar-refractivity contribution in [3.63, 3.8) is 0 Å². The van der Waals surface area contributed by atoms with Crippen LogP contribution in [0.5, 0.6) is 0 Å². The lowest BCUT2D eigenvalue weighted by Crippen LogP contribution is -2.37. The van der Waals surface area contributed by atoms with Crippen molar-refractivity contribution in [3.05, 3.63) is 22.4 Å². The van der Waals surface area contributed by atoms with Gasteiger partial charge in [0.05, 0.1) is 6.10 Å². The maximum absolute atomic E-state index is 5.24. The van der Waals surface area contributed by atoms with Gasteiger partial charge in [0.15, 0.2) is 0 Å². The minimum Gasteiger partial charge on any atom is -0.380 e. The van der Waals surface area contributed by atoms with Gasteiger partial charge in [-0.1, -0.05) is 6.07 Å². The predicted octanol–water partition coefficient (Wildman–Crippen LogP) is 2.30. The summed E-state index contributed by atoms with van der Waals surface area (Å²) in [6.07, 6.45) is 1.39. The molecule has 2 nitrogen and oxygen atoms in total. The van der Waals surface area contributed by atoms with Crippen molar-refractivity contribution in [3.8, 4) is 0 Å². The van der Waals surface area contributed by atoms with Crippen LogP contribution in [0.3, 0.4) is 0 Å². The first kappa shape index (κ1) is 11.7. The number of ether oxygens (including phenoxy) is 1. The normalized spacial score (nSPS) is 15.4. The molecule has 1 N–H and O–H groups in total. The topological polar surface area (TPSA) is 21.3 Å². The standard InChI is InChI=1S/C11H19NOS/c1-9(10(2)13-3)12-7-6-11-5-4-8-14-11/h4-5,8-10,12H,6-7H2,1-3H3. The second kappa shape index (κ2) is 6.17. The molecular formula is C11H19NOS. The van der Waals surface area contributed by atoms with Gasteiger partial charge in [0.25, 0.3) is 0 Å². The summed E-state index contributed by atoms with van der Waals surface area (Å²) in [4.78, 5) is 1.44. The van der Waals surface area contributed by atoms with Crippen LogP contribution >= 0.6 is 11.3 Å². The van der Waals surface area contributed by atoms with Crippen LogP contribution in [0.1, 0.15) is 18.7 Å². The minimum atomic E-state index is 0.276. The molecule has 0 saturated heterocycles. The highest BCUT2D eigenvalue weighted by atomic mass is 32.1. The zero-order valence-corrected chi connectivity index (χ0v) is 9.93. The van der Waals surface area contributed by atoms with E-state index in [1.54, 1.807) is 7.11 Å². The van der Waals surface area contributed by atoms with Crippen molar-refractivity contribution >= 4 is 11.3 Å². The van der Waals surface area contributed by atoms with Crippen LogP contribution in [-0.4, -0.2) is 25.8 Å². The second-order valence-electron chi connectivity index (χ2n) is 3.51. The first-order valence-electron chi connectivity index (χ1n) is 5.02. The molecule has 0 spiro atoms. The molecule has 2 unspecified atom stereocenters. The maximum Gasteiger partial charge on any atom is 0.0693 e. The molecule has 1 rings (SSSR count). The van der Waals surface area contributed by atoms with Crippen LogP contribution in [0.4, 0.5) is 0 Å². The van der Waals surface area contributed by atoms with E-state index >= 15 is 0 Å². The Morgan fingerprint density at radius 1 is 1.50 bits per heavy atom. The zero-order chi connectivity index (χ0) is 10.4. The molecule has 0 amide bonds. The molecule has 0 radical (unpaired) electrons. The van der Waals surface area contributed by atoms with Gasteiger partial charge < -0.3 is 10.1 Å². The van der Waals surface area contributed by atoms with Gasteiger partial charge in [0.1, 0.15) is 0 Å². The summed E-state index contributed by atoms with van der Waals surface area (Å²) < 4.78 is 5.24. The third-order valence-electron chi connectivity index (χ3n) is 2.49. The van der Waals surface area contributed by atoms with Crippen molar-refractivity contribution in [2.24, 2.45) is 0 Å². The lowest BCUT2D eigenvalue weighted by Gasteiger charge is -2.19. The first-order chi connectivity index (χ1) is 6.74. The van der Waals surface area contributed by atoms with Crippen LogP contribution in [0.15, 0.2) is 17.5 Å². The Kier molecular flexibility index (Phi) is 5.15. The Morgan fingerprint density at radius 2 is 2.29 bits per heavy atom. The number of hydrogen-bond donors (Lipinski definition) is 1. The SMILES string of the molecule is COC(C)C(C)NCCc1cccs1.